The maximum atomic E-state index is 12.6. The zero-order chi connectivity index (χ0) is 23.8. The average Bonchev–Trinajstić information content (AvgIpc) is 3.33. The molecule has 0 unspecified atom stereocenters. The van der Waals surface area contributed by atoms with E-state index in [1.807, 2.05) is 66.5 Å². The maximum Gasteiger partial charge on any atom is 0.258 e. The lowest BCUT2D eigenvalue weighted by molar-refractivity contribution is 0.829. The second kappa shape index (κ2) is 8.73. The summed E-state index contributed by atoms with van der Waals surface area (Å²) in [6.45, 7) is 0.379. The van der Waals surface area contributed by atoms with Crippen LogP contribution in [0.1, 0.15) is 5.82 Å². The van der Waals surface area contributed by atoms with E-state index >= 15 is 0 Å². The highest BCUT2D eigenvalue weighted by Crippen LogP contribution is 2.37. The van der Waals surface area contributed by atoms with Gasteiger partial charge in [-0.1, -0.05) is 48.5 Å². The Bertz CT molecular complexity index is 1710. The lowest BCUT2D eigenvalue weighted by atomic mass is 10.2. The molecule has 8 heteroatoms. The fourth-order valence-electron chi connectivity index (χ4n) is 4.06. The summed E-state index contributed by atoms with van der Waals surface area (Å²) in [5, 5.41) is 1.52. The van der Waals surface area contributed by atoms with Gasteiger partial charge in [-0.25, -0.2) is 15.0 Å². The van der Waals surface area contributed by atoms with Crippen LogP contribution in [0.5, 0.6) is 0 Å². The molecule has 0 atom stereocenters. The standard InChI is InChI=1S/C27H20N6OS/c1-33(16-23-29-20-12-6-5-11-18(20)26(34)30-23)25-19-15-22(17-9-3-2-4-10-17)35-27(19)32-24(31-25)21-13-7-8-14-28-21/h2-15H,16H2,1H3,(H,29,30,34). The average molecular weight is 477 g/mol. The number of rotatable bonds is 5. The summed E-state index contributed by atoms with van der Waals surface area (Å²) >= 11 is 1.62. The third-order valence-corrected chi connectivity index (χ3v) is 6.81. The Morgan fingerprint density at radius 2 is 1.69 bits per heavy atom. The first-order valence-electron chi connectivity index (χ1n) is 11.1. The number of thiophene rings is 1. The maximum absolute atomic E-state index is 12.6. The van der Waals surface area contributed by atoms with E-state index < -0.39 is 0 Å². The number of H-pyrrole nitrogens is 1. The van der Waals surface area contributed by atoms with E-state index in [9.17, 15) is 4.79 Å². The van der Waals surface area contributed by atoms with E-state index in [1.54, 1.807) is 23.6 Å². The highest BCUT2D eigenvalue weighted by atomic mass is 32.1. The minimum absolute atomic E-state index is 0.150. The second-order valence-electron chi connectivity index (χ2n) is 8.17. The van der Waals surface area contributed by atoms with E-state index in [0.717, 1.165) is 26.5 Å². The third-order valence-electron chi connectivity index (χ3n) is 5.74. The predicted octanol–water partition coefficient (Wildman–Crippen LogP) is 5.29. The van der Waals surface area contributed by atoms with Gasteiger partial charge >= 0.3 is 0 Å². The number of nitrogens with one attached hydrogen (secondary N) is 1. The molecular weight excluding hydrogens is 456 g/mol. The molecule has 0 bridgehead atoms. The highest BCUT2D eigenvalue weighted by Gasteiger charge is 2.18. The molecule has 0 saturated heterocycles. The first kappa shape index (κ1) is 21.1. The van der Waals surface area contributed by atoms with E-state index in [-0.39, 0.29) is 5.56 Å². The van der Waals surface area contributed by atoms with Crippen molar-refractivity contribution in [3.63, 3.8) is 0 Å². The molecule has 4 heterocycles. The van der Waals surface area contributed by atoms with Crippen molar-refractivity contribution in [1.29, 1.82) is 0 Å². The molecule has 0 aliphatic carbocycles. The Labute approximate surface area is 204 Å². The molecule has 4 aromatic heterocycles. The van der Waals surface area contributed by atoms with Crippen LogP contribution in [0.15, 0.2) is 89.9 Å². The van der Waals surface area contributed by atoms with Crippen LogP contribution in [0.4, 0.5) is 5.82 Å². The molecular formula is C27H20N6OS. The first-order chi connectivity index (χ1) is 17.2. The Balaban J connectivity index is 1.47. The number of pyridine rings is 1. The van der Waals surface area contributed by atoms with Crippen molar-refractivity contribution in [1.82, 2.24) is 24.9 Å². The zero-order valence-electron chi connectivity index (χ0n) is 18.8. The molecule has 0 spiro atoms. The molecule has 0 aliphatic heterocycles. The van der Waals surface area contributed by atoms with Crippen molar-refractivity contribution in [3.05, 3.63) is 101 Å². The largest absolute Gasteiger partial charge is 0.352 e. The summed E-state index contributed by atoms with van der Waals surface area (Å²) in [4.78, 5) is 38.3. The van der Waals surface area contributed by atoms with Crippen LogP contribution in [-0.2, 0) is 6.54 Å². The van der Waals surface area contributed by atoms with E-state index in [2.05, 4.69) is 33.2 Å². The summed E-state index contributed by atoms with van der Waals surface area (Å²) in [7, 11) is 1.94. The van der Waals surface area contributed by atoms with Gasteiger partial charge < -0.3 is 9.88 Å². The Morgan fingerprint density at radius 1 is 0.886 bits per heavy atom. The summed E-state index contributed by atoms with van der Waals surface area (Å²) in [5.41, 5.74) is 2.35. The monoisotopic (exact) mass is 476 g/mol. The minimum atomic E-state index is -0.150. The number of anilines is 1. The van der Waals surface area contributed by atoms with Gasteiger partial charge in [0.05, 0.1) is 22.8 Å². The molecule has 7 nitrogen and oxygen atoms in total. The van der Waals surface area contributed by atoms with Crippen molar-refractivity contribution in [3.8, 4) is 22.0 Å². The topological polar surface area (TPSA) is 87.7 Å². The van der Waals surface area contributed by atoms with Gasteiger partial charge in [-0.15, -0.1) is 11.3 Å². The molecule has 170 valence electrons. The molecule has 0 amide bonds. The number of aromatic nitrogens is 5. The molecule has 0 fully saturated rings. The van der Waals surface area contributed by atoms with E-state index in [4.69, 9.17) is 9.97 Å². The van der Waals surface area contributed by atoms with Crippen LogP contribution < -0.4 is 10.5 Å². The fraction of sp³-hybridized carbons (Fsp3) is 0.0741. The number of hydrogen-bond donors (Lipinski definition) is 1. The molecule has 1 N–H and O–H groups in total. The van der Waals surface area contributed by atoms with Crippen molar-refractivity contribution >= 4 is 38.3 Å². The van der Waals surface area contributed by atoms with Crippen molar-refractivity contribution in [2.24, 2.45) is 0 Å². The normalized spacial score (nSPS) is 11.2. The molecule has 0 radical (unpaired) electrons. The van der Waals surface area contributed by atoms with Gasteiger partial charge in [0.1, 0.15) is 22.2 Å². The number of aromatic amines is 1. The molecule has 6 rings (SSSR count). The van der Waals surface area contributed by atoms with Crippen LogP contribution in [0.25, 0.3) is 43.1 Å². The third kappa shape index (κ3) is 4.04. The molecule has 0 saturated carbocycles. The molecule has 2 aromatic carbocycles. The van der Waals surface area contributed by atoms with Crippen LogP contribution in [-0.4, -0.2) is 32.0 Å². The van der Waals surface area contributed by atoms with E-state index in [1.165, 1.54) is 0 Å². The van der Waals surface area contributed by atoms with Crippen molar-refractivity contribution in [2.75, 3.05) is 11.9 Å². The van der Waals surface area contributed by atoms with Crippen LogP contribution in [0.3, 0.4) is 0 Å². The number of para-hydroxylation sites is 1. The first-order valence-corrected chi connectivity index (χ1v) is 11.9. The number of nitrogens with zero attached hydrogens (tertiary/aromatic N) is 5. The molecule has 6 aromatic rings. The van der Waals surface area contributed by atoms with Crippen molar-refractivity contribution < 1.29 is 0 Å². The van der Waals surface area contributed by atoms with Crippen LogP contribution >= 0.6 is 11.3 Å². The Kier molecular flexibility index (Phi) is 5.27. The lowest BCUT2D eigenvalue weighted by Gasteiger charge is -2.19. The summed E-state index contributed by atoms with van der Waals surface area (Å²) in [6.07, 6.45) is 1.74. The Hall–Kier alpha value is -4.43. The second-order valence-corrected chi connectivity index (χ2v) is 9.20. The van der Waals surface area contributed by atoms with Crippen LogP contribution in [0, 0.1) is 0 Å². The smallest absolute Gasteiger partial charge is 0.258 e. The van der Waals surface area contributed by atoms with Crippen molar-refractivity contribution in [2.45, 2.75) is 6.54 Å². The fourth-order valence-corrected chi connectivity index (χ4v) is 5.09. The lowest BCUT2D eigenvalue weighted by Crippen LogP contribution is -2.22. The van der Waals surface area contributed by atoms with Gasteiger partial charge in [0.2, 0.25) is 0 Å². The summed E-state index contributed by atoms with van der Waals surface area (Å²) < 4.78 is 0. The van der Waals surface area contributed by atoms with Gasteiger partial charge in [0.15, 0.2) is 5.82 Å². The van der Waals surface area contributed by atoms with Gasteiger partial charge in [-0.3, -0.25) is 9.78 Å². The van der Waals surface area contributed by atoms with Gasteiger partial charge in [0, 0.05) is 18.1 Å². The van der Waals surface area contributed by atoms with Gasteiger partial charge in [-0.2, -0.15) is 0 Å². The van der Waals surface area contributed by atoms with E-state index in [0.29, 0.717) is 34.8 Å². The number of hydrogen-bond acceptors (Lipinski definition) is 7. The predicted molar refractivity (Wildman–Crippen MR) is 141 cm³/mol. The minimum Gasteiger partial charge on any atom is -0.352 e. The van der Waals surface area contributed by atoms with Crippen LogP contribution in [0.2, 0.25) is 0 Å². The SMILES string of the molecule is CN(Cc1nc2ccccc2c(=O)[nH]1)c1nc(-c2ccccn2)nc2sc(-c3ccccc3)cc12. The summed E-state index contributed by atoms with van der Waals surface area (Å²) in [6, 6.07) is 25.4. The number of benzene rings is 2. The quantitative estimate of drug-likeness (QED) is 0.364. The zero-order valence-corrected chi connectivity index (χ0v) is 19.7. The highest BCUT2D eigenvalue weighted by molar-refractivity contribution is 7.22. The summed E-state index contributed by atoms with van der Waals surface area (Å²) in [5.74, 6) is 1.88. The van der Waals surface area contributed by atoms with Gasteiger partial charge in [0.25, 0.3) is 5.56 Å². The Morgan fingerprint density at radius 3 is 2.51 bits per heavy atom. The van der Waals surface area contributed by atoms with Gasteiger partial charge in [-0.05, 0) is 35.9 Å². The molecule has 0 aliphatic rings. The molecule has 35 heavy (non-hydrogen) atoms. The number of fused-ring (bicyclic) bond motifs is 2.